The standard InChI is InChI=1S/C15H12S/c1-13-7-9-14(10-8-13)11-12-16-15-5-3-2-4-6-15/h2-10H,1H3. The van der Waals surface area contributed by atoms with Crippen molar-refractivity contribution in [1.82, 2.24) is 0 Å². The molecular weight excluding hydrogens is 212 g/mol. The molecule has 16 heavy (non-hydrogen) atoms. The summed E-state index contributed by atoms with van der Waals surface area (Å²) in [6.07, 6.45) is 0. The van der Waals surface area contributed by atoms with Crippen molar-refractivity contribution in [2.75, 3.05) is 0 Å². The number of rotatable bonds is 1. The first-order chi connectivity index (χ1) is 7.84. The molecule has 2 aromatic rings. The molecule has 0 nitrogen and oxygen atoms in total. The first-order valence-corrected chi connectivity index (χ1v) is 5.96. The van der Waals surface area contributed by atoms with Gasteiger partial charge in [-0.2, -0.15) is 0 Å². The molecule has 0 heterocycles. The quantitative estimate of drug-likeness (QED) is 0.519. The van der Waals surface area contributed by atoms with Gasteiger partial charge in [-0.15, -0.1) is 0 Å². The van der Waals surface area contributed by atoms with Crippen LogP contribution in [0.2, 0.25) is 0 Å². The van der Waals surface area contributed by atoms with Crippen LogP contribution in [0, 0.1) is 18.1 Å². The predicted octanol–water partition coefficient (Wildman–Crippen LogP) is 4.10. The molecule has 0 atom stereocenters. The van der Waals surface area contributed by atoms with Crippen LogP contribution in [-0.2, 0) is 0 Å². The molecule has 78 valence electrons. The average Bonchev–Trinajstić information content (AvgIpc) is 2.33. The molecule has 2 aromatic carbocycles. The Morgan fingerprint density at radius 1 is 0.875 bits per heavy atom. The summed E-state index contributed by atoms with van der Waals surface area (Å²) in [5.74, 6) is 3.13. The molecule has 0 saturated carbocycles. The van der Waals surface area contributed by atoms with Crippen LogP contribution in [0.5, 0.6) is 0 Å². The highest BCUT2D eigenvalue weighted by atomic mass is 32.2. The summed E-state index contributed by atoms with van der Waals surface area (Å²) in [5.41, 5.74) is 2.33. The van der Waals surface area contributed by atoms with Gasteiger partial charge in [0, 0.05) is 10.5 Å². The normalized spacial score (nSPS) is 9.31. The van der Waals surface area contributed by atoms with Crippen molar-refractivity contribution in [1.29, 1.82) is 0 Å². The molecule has 0 aliphatic rings. The van der Waals surface area contributed by atoms with Gasteiger partial charge in [0.25, 0.3) is 0 Å². The van der Waals surface area contributed by atoms with E-state index in [2.05, 4.69) is 42.4 Å². The summed E-state index contributed by atoms with van der Waals surface area (Å²) in [5, 5.41) is 3.10. The molecule has 0 radical (unpaired) electrons. The molecule has 0 N–H and O–H groups in total. The fourth-order valence-electron chi connectivity index (χ4n) is 1.27. The summed E-state index contributed by atoms with van der Waals surface area (Å²) in [7, 11) is 0. The van der Waals surface area contributed by atoms with Gasteiger partial charge in [0.2, 0.25) is 0 Å². The largest absolute Gasteiger partial charge is 0.0622 e. The summed E-state index contributed by atoms with van der Waals surface area (Å²) >= 11 is 1.56. The molecule has 2 rings (SSSR count). The maximum atomic E-state index is 3.13. The van der Waals surface area contributed by atoms with Gasteiger partial charge >= 0.3 is 0 Å². The van der Waals surface area contributed by atoms with Gasteiger partial charge < -0.3 is 0 Å². The molecule has 0 fully saturated rings. The molecule has 0 aromatic heterocycles. The fraction of sp³-hybridized carbons (Fsp3) is 0.0667. The summed E-state index contributed by atoms with van der Waals surface area (Å²) in [6, 6.07) is 18.4. The molecular formula is C15H12S. The van der Waals surface area contributed by atoms with Crippen molar-refractivity contribution >= 4 is 11.8 Å². The van der Waals surface area contributed by atoms with Gasteiger partial charge in [0.15, 0.2) is 0 Å². The van der Waals surface area contributed by atoms with E-state index in [1.807, 2.05) is 30.3 Å². The van der Waals surface area contributed by atoms with Crippen LogP contribution in [0.1, 0.15) is 11.1 Å². The molecule has 0 aliphatic carbocycles. The van der Waals surface area contributed by atoms with Crippen LogP contribution < -0.4 is 0 Å². The average molecular weight is 224 g/mol. The lowest BCUT2D eigenvalue weighted by Crippen LogP contribution is -1.74. The molecule has 1 heteroatoms. The lowest BCUT2D eigenvalue weighted by molar-refractivity contribution is 1.46. The summed E-state index contributed by atoms with van der Waals surface area (Å²) in [4.78, 5) is 1.18. The van der Waals surface area contributed by atoms with Crippen molar-refractivity contribution < 1.29 is 0 Å². The third-order valence-electron chi connectivity index (χ3n) is 2.16. The number of hydrogen-bond donors (Lipinski definition) is 0. The van der Waals surface area contributed by atoms with Crippen molar-refractivity contribution in [3.63, 3.8) is 0 Å². The number of hydrogen-bond acceptors (Lipinski definition) is 1. The number of thioether (sulfide) groups is 1. The lowest BCUT2D eigenvalue weighted by Gasteiger charge is -1.92. The maximum Gasteiger partial charge on any atom is 0.0254 e. The number of benzene rings is 2. The second kappa shape index (κ2) is 5.44. The zero-order valence-corrected chi connectivity index (χ0v) is 9.92. The van der Waals surface area contributed by atoms with Gasteiger partial charge in [0.1, 0.15) is 0 Å². The third kappa shape index (κ3) is 3.18. The van der Waals surface area contributed by atoms with Crippen LogP contribution in [0.25, 0.3) is 0 Å². The smallest absolute Gasteiger partial charge is 0.0254 e. The molecule has 0 amide bonds. The van der Waals surface area contributed by atoms with Crippen LogP contribution in [0.15, 0.2) is 59.5 Å². The van der Waals surface area contributed by atoms with E-state index in [9.17, 15) is 0 Å². The van der Waals surface area contributed by atoms with E-state index in [-0.39, 0.29) is 0 Å². The van der Waals surface area contributed by atoms with Crippen molar-refractivity contribution in [3.8, 4) is 11.2 Å². The van der Waals surface area contributed by atoms with E-state index in [1.165, 1.54) is 10.5 Å². The molecule has 0 spiro atoms. The van der Waals surface area contributed by atoms with Crippen LogP contribution in [-0.4, -0.2) is 0 Å². The minimum atomic E-state index is 1.06. The van der Waals surface area contributed by atoms with E-state index in [0.29, 0.717) is 0 Å². The zero-order valence-electron chi connectivity index (χ0n) is 9.10. The van der Waals surface area contributed by atoms with E-state index < -0.39 is 0 Å². The maximum absolute atomic E-state index is 3.13. The van der Waals surface area contributed by atoms with E-state index >= 15 is 0 Å². The second-order valence-corrected chi connectivity index (χ2v) is 4.39. The Morgan fingerprint density at radius 3 is 2.25 bits per heavy atom. The first kappa shape index (κ1) is 10.9. The van der Waals surface area contributed by atoms with Crippen LogP contribution in [0.3, 0.4) is 0 Å². The predicted molar refractivity (Wildman–Crippen MR) is 70.4 cm³/mol. The monoisotopic (exact) mass is 224 g/mol. The van der Waals surface area contributed by atoms with Gasteiger partial charge in [-0.1, -0.05) is 41.8 Å². The lowest BCUT2D eigenvalue weighted by atomic mass is 10.2. The molecule has 0 bridgehead atoms. The third-order valence-corrected chi connectivity index (χ3v) is 2.87. The van der Waals surface area contributed by atoms with Crippen molar-refractivity contribution in [2.45, 2.75) is 11.8 Å². The van der Waals surface area contributed by atoms with E-state index in [4.69, 9.17) is 0 Å². The van der Waals surface area contributed by atoms with Gasteiger partial charge in [0.05, 0.1) is 0 Å². The Kier molecular flexibility index (Phi) is 3.69. The Bertz CT molecular complexity index is 501. The van der Waals surface area contributed by atoms with Crippen LogP contribution in [0.4, 0.5) is 0 Å². The van der Waals surface area contributed by atoms with E-state index in [1.54, 1.807) is 11.8 Å². The van der Waals surface area contributed by atoms with Gasteiger partial charge in [-0.3, -0.25) is 0 Å². The Balaban J connectivity index is 2.03. The number of aryl methyl sites for hydroxylation is 1. The molecule has 0 unspecified atom stereocenters. The SMILES string of the molecule is Cc1ccc(C#CSc2ccccc2)cc1. The van der Waals surface area contributed by atoms with Crippen molar-refractivity contribution in [3.05, 3.63) is 65.7 Å². The Labute approximate surface area is 101 Å². The highest BCUT2D eigenvalue weighted by molar-refractivity contribution is 8.03. The first-order valence-electron chi connectivity index (χ1n) is 5.14. The topological polar surface area (TPSA) is 0 Å². The fourth-order valence-corrected chi connectivity index (χ4v) is 1.85. The highest BCUT2D eigenvalue weighted by Crippen LogP contribution is 2.15. The highest BCUT2D eigenvalue weighted by Gasteiger charge is 1.88. The minimum Gasteiger partial charge on any atom is -0.0622 e. The molecule has 0 aliphatic heterocycles. The summed E-state index contributed by atoms with van der Waals surface area (Å²) in [6.45, 7) is 2.08. The zero-order chi connectivity index (χ0) is 11.2. The Morgan fingerprint density at radius 2 is 1.56 bits per heavy atom. The van der Waals surface area contributed by atoms with Crippen LogP contribution >= 0.6 is 11.8 Å². The van der Waals surface area contributed by atoms with Gasteiger partial charge in [-0.25, -0.2) is 0 Å². The molecule has 0 saturated heterocycles. The minimum absolute atomic E-state index is 1.06. The van der Waals surface area contributed by atoms with Crippen molar-refractivity contribution in [2.24, 2.45) is 0 Å². The second-order valence-electron chi connectivity index (χ2n) is 3.51. The van der Waals surface area contributed by atoms with E-state index in [0.717, 1.165) is 5.56 Å². The Hall–Kier alpha value is -1.65. The van der Waals surface area contributed by atoms with Gasteiger partial charge in [-0.05, 0) is 48.2 Å². The summed E-state index contributed by atoms with van der Waals surface area (Å²) < 4.78 is 0.